The summed E-state index contributed by atoms with van der Waals surface area (Å²) in [5.74, 6) is -0.691. The molecule has 0 spiro atoms. The van der Waals surface area contributed by atoms with E-state index in [9.17, 15) is 19.8 Å². The van der Waals surface area contributed by atoms with E-state index in [1.165, 1.54) is 4.90 Å². The molecule has 1 aliphatic rings. The summed E-state index contributed by atoms with van der Waals surface area (Å²) >= 11 is 0. The van der Waals surface area contributed by atoms with E-state index in [1.54, 1.807) is 0 Å². The third-order valence-corrected chi connectivity index (χ3v) is 6.56. The molecule has 1 amide bonds. The average molecular weight is 483 g/mol. The quantitative estimate of drug-likeness (QED) is 0.438. The summed E-state index contributed by atoms with van der Waals surface area (Å²) < 4.78 is 5.76. The normalized spacial score (nSPS) is 20.2. The second-order valence-electron chi connectivity index (χ2n) is 9.69. The maximum atomic E-state index is 13.4. The number of carbonyl (C=O) groups excluding carboxylic acids is 1. The number of nitrogens with zero attached hydrogens (tertiary/aromatic N) is 1. The molecule has 7 nitrogen and oxygen atoms in total. The average Bonchev–Trinajstić information content (AvgIpc) is 2.98. The molecule has 35 heavy (non-hydrogen) atoms. The molecule has 0 saturated heterocycles. The molecule has 1 saturated carbocycles. The van der Waals surface area contributed by atoms with Gasteiger partial charge in [0.15, 0.2) is 0 Å². The number of carboxylic acid groups (broad SMARTS) is 1. The second kappa shape index (κ2) is 12.6. The molecule has 3 rings (SSSR count). The number of amides is 1. The van der Waals surface area contributed by atoms with Crippen molar-refractivity contribution in [3.8, 4) is 5.75 Å². The summed E-state index contributed by atoms with van der Waals surface area (Å²) in [7, 11) is 0. The van der Waals surface area contributed by atoms with Crippen molar-refractivity contribution in [2.75, 3.05) is 18.4 Å². The number of hydrogen-bond acceptors (Lipinski definition) is 5. The molecule has 1 fully saturated rings. The van der Waals surface area contributed by atoms with Crippen molar-refractivity contribution >= 4 is 17.6 Å². The number of benzene rings is 2. The molecule has 0 aliphatic heterocycles. The van der Waals surface area contributed by atoms with E-state index < -0.39 is 12.1 Å². The van der Waals surface area contributed by atoms with Gasteiger partial charge in [0.05, 0.1) is 18.2 Å². The van der Waals surface area contributed by atoms with Gasteiger partial charge in [0, 0.05) is 24.2 Å². The molecule has 190 valence electrons. The minimum absolute atomic E-state index is 0.0695. The van der Waals surface area contributed by atoms with E-state index in [0.29, 0.717) is 38.6 Å². The van der Waals surface area contributed by atoms with Crippen molar-refractivity contribution in [2.24, 2.45) is 5.92 Å². The van der Waals surface area contributed by atoms with Crippen LogP contribution in [0.3, 0.4) is 0 Å². The summed E-state index contributed by atoms with van der Waals surface area (Å²) in [5, 5.41) is 23.6. The van der Waals surface area contributed by atoms with Gasteiger partial charge in [-0.3, -0.25) is 9.59 Å². The second-order valence-corrected chi connectivity index (χ2v) is 9.69. The van der Waals surface area contributed by atoms with Gasteiger partial charge in [0.25, 0.3) is 0 Å². The van der Waals surface area contributed by atoms with E-state index in [1.807, 2.05) is 69.3 Å². The third-order valence-electron chi connectivity index (χ3n) is 6.56. The smallest absolute Gasteiger partial charge is 0.323 e. The van der Waals surface area contributed by atoms with E-state index in [0.717, 1.165) is 22.6 Å². The Morgan fingerprint density at radius 2 is 1.83 bits per heavy atom. The number of carboxylic acids is 1. The lowest BCUT2D eigenvalue weighted by Gasteiger charge is -2.26. The van der Waals surface area contributed by atoms with Crippen LogP contribution in [0.25, 0.3) is 0 Å². The van der Waals surface area contributed by atoms with E-state index in [-0.39, 0.29) is 30.5 Å². The Kier molecular flexibility index (Phi) is 9.55. The minimum atomic E-state index is -1.01. The highest BCUT2D eigenvalue weighted by Crippen LogP contribution is 2.29. The lowest BCUT2D eigenvalue weighted by atomic mass is 9.97. The summed E-state index contributed by atoms with van der Waals surface area (Å²) in [6.07, 6.45) is 2.31. The standard InChI is InChI=1S/C28H38N2O5/c1-19(2)35-24-10-6-9-23(17-24)29-25-13-11-22(12-14-26(25)31)28(34)30(18-27(32)33)16-15-21-8-5-4-7-20(21)3/h4-10,17,19,22,25-26,29,31H,11-16,18H2,1-3H3,(H,32,33)/t22-,25+,26+/m1/s1. The molecule has 3 N–H and O–H groups in total. The number of carbonyl (C=O) groups is 2. The highest BCUT2D eigenvalue weighted by molar-refractivity contribution is 5.83. The number of anilines is 1. The summed E-state index contributed by atoms with van der Waals surface area (Å²) in [5.41, 5.74) is 3.10. The highest BCUT2D eigenvalue weighted by atomic mass is 16.5. The Morgan fingerprint density at radius 1 is 1.09 bits per heavy atom. The Bertz CT molecular complexity index is 993. The van der Waals surface area contributed by atoms with Crippen molar-refractivity contribution in [1.82, 2.24) is 4.90 Å². The van der Waals surface area contributed by atoms with Gasteiger partial charge in [-0.1, -0.05) is 30.3 Å². The predicted octanol–water partition coefficient (Wildman–Crippen LogP) is 4.27. The van der Waals surface area contributed by atoms with Gasteiger partial charge in [0.1, 0.15) is 12.3 Å². The first kappa shape index (κ1) is 26.5. The molecule has 1 aliphatic carbocycles. The Morgan fingerprint density at radius 3 is 2.54 bits per heavy atom. The number of ether oxygens (including phenoxy) is 1. The zero-order chi connectivity index (χ0) is 25.4. The van der Waals surface area contributed by atoms with E-state index in [2.05, 4.69) is 5.32 Å². The largest absolute Gasteiger partial charge is 0.491 e. The van der Waals surface area contributed by atoms with Crippen LogP contribution in [0.1, 0.15) is 50.7 Å². The van der Waals surface area contributed by atoms with Crippen molar-refractivity contribution in [2.45, 2.75) is 71.1 Å². The summed E-state index contributed by atoms with van der Waals surface area (Å²) in [6, 6.07) is 15.4. The molecule has 0 heterocycles. The van der Waals surface area contributed by atoms with Gasteiger partial charge < -0.3 is 25.2 Å². The lowest BCUT2D eigenvalue weighted by Crippen LogP contribution is -2.41. The Balaban J connectivity index is 1.63. The lowest BCUT2D eigenvalue weighted by molar-refractivity contribution is -0.146. The zero-order valence-corrected chi connectivity index (χ0v) is 20.9. The highest BCUT2D eigenvalue weighted by Gasteiger charge is 2.32. The van der Waals surface area contributed by atoms with E-state index >= 15 is 0 Å². The van der Waals surface area contributed by atoms with Crippen molar-refractivity contribution < 1.29 is 24.5 Å². The first-order valence-corrected chi connectivity index (χ1v) is 12.5. The number of aliphatic hydroxyl groups excluding tert-OH is 1. The van der Waals surface area contributed by atoms with Gasteiger partial charge >= 0.3 is 5.97 Å². The molecule has 0 aromatic heterocycles. The fourth-order valence-electron chi connectivity index (χ4n) is 4.69. The van der Waals surface area contributed by atoms with Crippen molar-refractivity contribution in [3.63, 3.8) is 0 Å². The van der Waals surface area contributed by atoms with Gasteiger partial charge in [-0.15, -0.1) is 0 Å². The van der Waals surface area contributed by atoms with Crippen molar-refractivity contribution in [1.29, 1.82) is 0 Å². The monoisotopic (exact) mass is 482 g/mol. The van der Waals surface area contributed by atoms with Crippen LogP contribution in [-0.4, -0.2) is 58.3 Å². The molecule has 2 aromatic carbocycles. The van der Waals surface area contributed by atoms with Crippen LogP contribution >= 0.6 is 0 Å². The van der Waals surface area contributed by atoms with Gasteiger partial charge in [0.2, 0.25) is 5.91 Å². The van der Waals surface area contributed by atoms with Crippen LogP contribution in [0, 0.1) is 12.8 Å². The van der Waals surface area contributed by atoms with Gasteiger partial charge in [-0.05, 0) is 76.1 Å². The topological polar surface area (TPSA) is 99.1 Å². The van der Waals surface area contributed by atoms with Crippen LogP contribution in [0.2, 0.25) is 0 Å². The van der Waals surface area contributed by atoms with Gasteiger partial charge in [-0.2, -0.15) is 0 Å². The number of aliphatic hydroxyl groups is 1. The molecule has 7 heteroatoms. The van der Waals surface area contributed by atoms with Crippen LogP contribution in [-0.2, 0) is 16.0 Å². The zero-order valence-electron chi connectivity index (χ0n) is 20.9. The number of aryl methyl sites for hydroxylation is 1. The Labute approximate surface area is 208 Å². The maximum Gasteiger partial charge on any atom is 0.323 e. The Hall–Kier alpha value is -3.06. The third kappa shape index (κ3) is 7.99. The molecule has 0 unspecified atom stereocenters. The summed E-state index contributed by atoms with van der Waals surface area (Å²) in [6.45, 7) is 6.01. The molecule has 0 radical (unpaired) electrons. The fraction of sp³-hybridized carbons (Fsp3) is 0.500. The van der Waals surface area contributed by atoms with Crippen LogP contribution < -0.4 is 10.1 Å². The molecular weight excluding hydrogens is 444 g/mol. The van der Waals surface area contributed by atoms with Crippen LogP contribution in [0.15, 0.2) is 48.5 Å². The first-order valence-electron chi connectivity index (χ1n) is 12.5. The van der Waals surface area contributed by atoms with Crippen molar-refractivity contribution in [3.05, 3.63) is 59.7 Å². The van der Waals surface area contributed by atoms with Crippen LogP contribution in [0.4, 0.5) is 5.69 Å². The van der Waals surface area contributed by atoms with E-state index in [4.69, 9.17) is 4.74 Å². The molecule has 3 atom stereocenters. The number of rotatable bonds is 10. The number of hydrogen-bond donors (Lipinski definition) is 3. The minimum Gasteiger partial charge on any atom is -0.491 e. The fourth-order valence-corrected chi connectivity index (χ4v) is 4.69. The molecule has 0 bridgehead atoms. The number of nitrogens with one attached hydrogen (secondary N) is 1. The number of aliphatic carboxylic acids is 1. The van der Waals surface area contributed by atoms with Crippen LogP contribution in [0.5, 0.6) is 5.75 Å². The molecular formula is C28H38N2O5. The SMILES string of the molecule is Cc1ccccc1CCN(CC(=O)O)C(=O)[C@@H]1CC[C@H](Nc2cccc(OC(C)C)c2)[C@@H](O)CC1. The summed E-state index contributed by atoms with van der Waals surface area (Å²) in [4.78, 5) is 26.3. The van der Waals surface area contributed by atoms with Gasteiger partial charge in [-0.25, -0.2) is 0 Å². The maximum absolute atomic E-state index is 13.4. The first-order chi connectivity index (χ1) is 16.7. The predicted molar refractivity (Wildman–Crippen MR) is 137 cm³/mol. The molecule has 2 aromatic rings.